The molecule has 1 N–H and O–H groups in total. The zero-order chi connectivity index (χ0) is 8.55. The number of nitrogens with zero attached hydrogens (tertiary/aromatic N) is 2. The molecule has 3 nitrogen and oxygen atoms in total. The Labute approximate surface area is 72.8 Å². The largest absolute Gasteiger partial charge is 0.356 e. The second-order valence-corrected chi connectivity index (χ2v) is 3.37. The van der Waals surface area contributed by atoms with Crippen molar-refractivity contribution in [1.29, 1.82) is 0 Å². The minimum Gasteiger partial charge on any atom is -0.356 e. The predicted molar refractivity (Wildman–Crippen MR) is 49.4 cm³/mol. The van der Waals surface area contributed by atoms with Crippen LogP contribution in [-0.4, -0.2) is 16.1 Å². The molecule has 0 bridgehead atoms. The molecule has 1 aliphatic carbocycles. The van der Waals surface area contributed by atoms with Gasteiger partial charge in [0.25, 0.3) is 0 Å². The van der Waals surface area contributed by atoms with Crippen molar-refractivity contribution in [3.05, 3.63) is 11.9 Å². The summed E-state index contributed by atoms with van der Waals surface area (Å²) in [5.74, 6) is 1.04. The van der Waals surface area contributed by atoms with Crippen molar-refractivity contribution in [3.63, 3.8) is 0 Å². The molecule has 12 heavy (non-hydrogen) atoms. The third-order valence-electron chi connectivity index (χ3n) is 2.13. The Bertz CT molecular complexity index is 273. The highest BCUT2D eigenvalue weighted by Gasteiger charge is 2.25. The first-order valence-corrected chi connectivity index (χ1v) is 4.60. The highest BCUT2D eigenvalue weighted by Crippen LogP contribution is 2.37. The van der Waals surface area contributed by atoms with Crippen molar-refractivity contribution in [2.45, 2.75) is 32.7 Å². The molecule has 3 heteroatoms. The molecule has 0 unspecified atom stereocenters. The van der Waals surface area contributed by atoms with Crippen LogP contribution in [0.4, 0.5) is 5.95 Å². The lowest BCUT2D eigenvalue weighted by Gasteiger charge is -2.05. The van der Waals surface area contributed by atoms with Gasteiger partial charge in [0.1, 0.15) is 0 Å². The molecule has 66 valence electrons. The maximum Gasteiger partial charge on any atom is 0.203 e. The number of imidazole rings is 1. The predicted octanol–water partition coefficient (Wildman–Crippen LogP) is 1.96. The van der Waals surface area contributed by atoms with Gasteiger partial charge in [0, 0.05) is 18.8 Å². The van der Waals surface area contributed by atoms with E-state index in [1.807, 2.05) is 6.92 Å². The SMILES string of the molecule is CCNc1nc(C)cn1C1CC1. The molecule has 0 atom stereocenters. The highest BCUT2D eigenvalue weighted by atomic mass is 15.2. The second kappa shape index (κ2) is 2.81. The van der Waals surface area contributed by atoms with Crippen LogP contribution in [0, 0.1) is 6.92 Å². The van der Waals surface area contributed by atoms with E-state index in [1.165, 1.54) is 12.8 Å². The lowest BCUT2D eigenvalue weighted by atomic mass is 10.5. The van der Waals surface area contributed by atoms with Gasteiger partial charge in [0.05, 0.1) is 5.69 Å². The van der Waals surface area contributed by atoms with E-state index in [9.17, 15) is 0 Å². The Balaban J connectivity index is 2.24. The third-order valence-corrected chi connectivity index (χ3v) is 2.13. The standard InChI is InChI=1S/C9H15N3/c1-3-10-9-11-7(2)6-12(9)8-4-5-8/h6,8H,3-5H2,1-2H3,(H,10,11). The second-order valence-electron chi connectivity index (χ2n) is 3.37. The summed E-state index contributed by atoms with van der Waals surface area (Å²) in [7, 11) is 0. The summed E-state index contributed by atoms with van der Waals surface area (Å²) in [5, 5.41) is 3.27. The Morgan fingerprint density at radius 1 is 1.67 bits per heavy atom. The fraction of sp³-hybridized carbons (Fsp3) is 0.667. The number of nitrogens with one attached hydrogen (secondary N) is 1. The van der Waals surface area contributed by atoms with Gasteiger partial charge in [-0.1, -0.05) is 0 Å². The molecule has 0 aliphatic heterocycles. The number of hydrogen-bond acceptors (Lipinski definition) is 2. The van der Waals surface area contributed by atoms with E-state index >= 15 is 0 Å². The maximum absolute atomic E-state index is 4.41. The summed E-state index contributed by atoms with van der Waals surface area (Å²) in [5.41, 5.74) is 1.11. The highest BCUT2D eigenvalue weighted by molar-refractivity contribution is 5.30. The van der Waals surface area contributed by atoms with Gasteiger partial charge in [0.15, 0.2) is 0 Å². The molecule has 0 spiro atoms. The molecular formula is C9H15N3. The topological polar surface area (TPSA) is 29.9 Å². The summed E-state index contributed by atoms with van der Waals surface area (Å²) in [6.07, 6.45) is 4.76. The minimum absolute atomic E-state index is 0.722. The Hall–Kier alpha value is -0.990. The summed E-state index contributed by atoms with van der Waals surface area (Å²) in [6, 6.07) is 0.722. The summed E-state index contributed by atoms with van der Waals surface area (Å²) >= 11 is 0. The minimum atomic E-state index is 0.722. The van der Waals surface area contributed by atoms with E-state index in [-0.39, 0.29) is 0 Å². The van der Waals surface area contributed by atoms with Crippen molar-refractivity contribution in [2.75, 3.05) is 11.9 Å². The molecule has 1 aromatic heterocycles. The molecule has 1 fully saturated rings. The van der Waals surface area contributed by atoms with Crippen molar-refractivity contribution < 1.29 is 0 Å². The van der Waals surface area contributed by atoms with Crippen LogP contribution in [0.1, 0.15) is 31.5 Å². The molecule has 1 heterocycles. The normalized spacial score (nSPS) is 16.5. The lowest BCUT2D eigenvalue weighted by Crippen LogP contribution is -2.04. The third kappa shape index (κ3) is 1.31. The van der Waals surface area contributed by atoms with E-state index in [0.29, 0.717) is 0 Å². The fourth-order valence-electron chi connectivity index (χ4n) is 1.44. The molecule has 1 aliphatic rings. The first-order valence-electron chi connectivity index (χ1n) is 4.60. The number of aromatic nitrogens is 2. The monoisotopic (exact) mass is 165 g/mol. The lowest BCUT2D eigenvalue weighted by molar-refractivity contribution is 0.744. The van der Waals surface area contributed by atoms with Gasteiger partial charge in [-0.2, -0.15) is 0 Å². The van der Waals surface area contributed by atoms with Gasteiger partial charge in [-0.25, -0.2) is 4.98 Å². The van der Waals surface area contributed by atoms with E-state index in [1.54, 1.807) is 0 Å². The van der Waals surface area contributed by atoms with Crippen molar-refractivity contribution >= 4 is 5.95 Å². The van der Waals surface area contributed by atoms with Crippen molar-refractivity contribution in [1.82, 2.24) is 9.55 Å². The van der Waals surface area contributed by atoms with E-state index < -0.39 is 0 Å². The van der Waals surface area contributed by atoms with Crippen molar-refractivity contribution in [2.24, 2.45) is 0 Å². The molecule has 0 saturated heterocycles. The number of aryl methyl sites for hydroxylation is 1. The smallest absolute Gasteiger partial charge is 0.203 e. The number of rotatable bonds is 3. The first-order chi connectivity index (χ1) is 5.81. The molecule has 2 rings (SSSR count). The molecule has 1 aromatic rings. The van der Waals surface area contributed by atoms with Crippen LogP contribution < -0.4 is 5.32 Å². The van der Waals surface area contributed by atoms with Gasteiger partial charge < -0.3 is 9.88 Å². The quantitative estimate of drug-likeness (QED) is 0.742. The molecule has 0 aromatic carbocycles. The Kier molecular flexibility index (Phi) is 1.79. The van der Waals surface area contributed by atoms with Crippen LogP contribution in [0.25, 0.3) is 0 Å². The Morgan fingerprint density at radius 2 is 2.42 bits per heavy atom. The average molecular weight is 165 g/mol. The summed E-state index contributed by atoms with van der Waals surface area (Å²) in [4.78, 5) is 4.41. The summed E-state index contributed by atoms with van der Waals surface area (Å²) < 4.78 is 2.26. The zero-order valence-electron chi connectivity index (χ0n) is 7.67. The van der Waals surface area contributed by atoms with Gasteiger partial charge >= 0.3 is 0 Å². The van der Waals surface area contributed by atoms with Crippen LogP contribution in [-0.2, 0) is 0 Å². The van der Waals surface area contributed by atoms with Gasteiger partial charge in [-0.15, -0.1) is 0 Å². The van der Waals surface area contributed by atoms with Crippen LogP contribution in [0.15, 0.2) is 6.20 Å². The van der Waals surface area contributed by atoms with E-state index in [0.717, 1.165) is 24.2 Å². The molecule has 1 saturated carbocycles. The van der Waals surface area contributed by atoms with Crippen molar-refractivity contribution in [3.8, 4) is 0 Å². The van der Waals surface area contributed by atoms with E-state index in [2.05, 4.69) is 28.0 Å². The fourth-order valence-corrected chi connectivity index (χ4v) is 1.44. The number of hydrogen-bond donors (Lipinski definition) is 1. The van der Waals surface area contributed by atoms with Crippen LogP contribution >= 0.6 is 0 Å². The Morgan fingerprint density at radius 3 is 3.00 bits per heavy atom. The molecular weight excluding hydrogens is 150 g/mol. The maximum atomic E-state index is 4.41. The molecule has 0 radical (unpaired) electrons. The van der Waals surface area contributed by atoms with E-state index in [4.69, 9.17) is 0 Å². The van der Waals surface area contributed by atoms with Crippen LogP contribution in [0.5, 0.6) is 0 Å². The number of anilines is 1. The van der Waals surface area contributed by atoms with Gasteiger partial charge in [-0.05, 0) is 26.7 Å². The first kappa shape index (κ1) is 7.65. The zero-order valence-corrected chi connectivity index (χ0v) is 7.67. The molecule has 0 amide bonds. The van der Waals surface area contributed by atoms with Crippen LogP contribution in [0.2, 0.25) is 0 Å². The van der Waals surface area contributed by atoms with Crippen LogP contribution in [0.3, 0.4) is 0 Å². The van der Waals surface area contributed by atoms with Gasteiger partial charge in [0.2, 0.25) is 5.95 Å². The van der Waals surface area contributed by atoms with Gasteiger partial charge in [-0.3, -0.25) is 0 Å². The average Bonchev–Trinajstić information content (AvgIpc) is 2.79. The summed E-state index contributed by atoms with van der Waals surface area (Å²) in [6.45, 7) is 5.09.